The van der Waals surface area contributed by atoms with E-state index < -0.39 is 5.97 Å². The van der Waals surface area contributed by atoms with Gasteiger partial charge in [0.05, 0.1) is 36.4 Å². The summed E-state index contributed by atoms with van der Waals surface area (Å²) in [7, 11) is 1.34. The van der Waals surface area contributed by atoms with Crippen molar-refractivity contribution in [2.24, 2.45) is 0 Å². The lowest BCUT2D eigenvalue weighted by molar-refractivity contribution is 0.0600. The van der Waals surface area contributed by atoms with Crippen molar-refractivity contribution < 1.29 is 9.53 Å². The number of para-hydroxylation sites is 1. The molecule has 0 spiro atoms. The van der Waals surface area contributed by atoms with E-state index in [1.807, 2.05) is 18.2 Å². The molecule has 1 heterocycles. The molecule has 0 saturated heterocycles. The molecule has 0 aliphatic heterocycles. The number of methoxy groups -OCH3 is 1. The first-order valence-electron chi connectivity index (χ1n) is 6.80. The van der Waals surface area contributed by atoms with Crippen LogP contribution in [0.1, 0.15) is 15.9 Å². The Labute approximate surface area is 126 Å². The van der Waals surface area contributed by atoms with Crippen LogP contribution < -0.4 is 5.56 Å². The topological polar surface area (TPSA) is 61.2 Å². The Morgan fingerprint density at radius 3 is 2.82 bits per heavy atom. The maximum atomic E-state index is 12.4. The summed E-state index contributed by atoms with van der Waals surface area (Å²) in [5.74, 6) is -0.397. The maximum Gasteiger partial charge on any atom is 0.337 e. The van der Waals surface area contributed by atoms with Crippen LogP contribution in [-0.4, -0.2) is 22.6 Å². The van der Waals surface area contributed by atoms with Gasteiger partial charge in [0.1, 0.15) is 0 Å². The maximum absolute atomic E-state index is 12.4. The molecule has 0 radical (unpaired) electrons. The average Bonchev–Trinajstić information content (AvgIpc) is 2.57. The molecule has 0 unspecified atom stereocenters. The van der Waals surface area contributed by atoms with E-state index in [2.05, 4.69) is 4.98 Å². The number of aromatic nitrogens is 2. The first kappa shape index (κ1) is 14.0. The minimum atomic E-state index is -0.397. The van der Waals surface area contributed by atoms with Crippen LogP contribution >= 0.6 is 0 Å². The molecule has 3 aromatic rings. The zero-order valence-electron chi connectivity index (χ0n) is 12.0. The predicted octanol–water partition coefficient (Wildman–Crippen LogP) is 2.23. The summed E-state index contributed by atoms with van der Waals surface area (Å²) in [6.45, 7) is 0.349. The summed E-state index contributed by atoms with van der Waals surface area (Å²) >= 11 is 0. The zero-order valence-corrected chi connectivity index (χ0v) is 12.0. The number of esters is 1. The number of benzene rings is 2. The zero-order chi connectivity index (χ0) is 15.5. The second kappa shape index (κ2) is 5.81. The van der Waals surface area contributed by atoms with Gasteiger partial charge in [0, 0.05) is 0 Å². The smallest absolute Gasteiger partial charge is 0.337 e. The number of carbonyl (C=O) groups is 1. The van der Waals surface area contributed by atoms with E-state index in [-0.39, 0.29) is 5.56 Å². The van der Waals surface area contributed by atoms with Crippen molar-refractivity contribution in [1.82, 2.24) is 9.55 Å². The lowest BCUT2D eigenvalue weighted by atomic mass is 10.1. The highest BCUT2D eigenvalue weighted by atomic mass is 16.5. The van der Waals surface area contributed by atoms with Crippen LogP contribution in [0, 0.1) is 0 Å². The Balaban J connectivity index is 1.98. The number of ether oxygens (including phenoxy) is 1. The summed E-state index contributed by atoms with van der Waals surface area (Å²) in [4.78, 5) is 28.3. The summed E-state index contributed by atoms with van der Waals surface area (Å²) < 4.78 is 6.23. The van der Waals surface area contributed by atoms with Gasteiger partial charge in [-0.3, -0.25) is 9.36 Å². The van der Waals surface area contributed by atoms with Crippen molar-refractivity contribution >= 4 is 16.9 Å². The van der Waals surface area contributed by atoms with E-state index in [9.17, 15) is 9.59 Å². The van der Waals surface area contributed by atoms with E-state index in [4.69, 9.17) is 4.74 Å². The average molecular weight is 294 g/mol. The van der Waals surface area contributed by atoms with Gasteiger partial charge in [-0.05, 0) is 29.8 Å². The van der Waals surface area contributed by atoms with Gasteiger partial charge >= 0.3 is 5.97 Å². The number of rotatable bonds is 3. The summed E-state index contributed by atoms with van der Waals surface area (Å²) in [5.41, 5.74) is 1.87. The quantitative estimate of drug-likeness (QED) is 0.695. The third-order valence-corrected chi connectivity index (χ3v) is 3.43. The van der Waals surface area contributed by atoms with Crippen molar-refractivity contribution in [1.29, 1.82) is 0 Å². The number of hydrogen-bond acceptors (Lipinski definition) is 4. The van der Waals surface area contributed by atoms with E-state index in [0.29, 0.717) is 23.0 Å². The molecular formula is C17H14N2O3. The minimum absolute atomic E-state index is 0.103. The van der Waals surface area contributed by atoms with Crippen molar-refractivity contribution in [2.75, 3.05) is 7.11 Å². The van der Waals surface area contributed by atoms with Gasteiger partial charge < -0.3 is 4.74 Å². The molecule has 110 valence electrons. The molecule has 3 rings (SSSR count). The van der Waals surface area contributed by atoms with Gasteiger partial charge in [0.15, 0.2) is 0 Å². The van der Waals surface area contributed by atoms with Gasteiger partial charge in [-0.25, -0.2) is 9.78 Å². The van der Waals surface area contributed by atoms with E-state index in [1.54, 1.807) is 30.3 Å². The summed E-state index contributed by atoms with van der Waals surface area (Å²) in [5, 5.41) is 0.578. The fraction of sp³-hybridized carbons (Fsp3) is 0.118. The SMILES string of the molecule is COC(=O)c1cccc(Cn2cnc3ccccc3c2=O)c1. The summed E-state index contributed by atoms with van der Waals surface area (Å²) in [6, 6.07) is 14.2. The van der Waals surface area contributed by atoms with Crippen LogP contribution in [0.25, 0.3) is 10.9 Å². The summed E-state index contributed by atoms with van der Waals surface area (Å²) in [6.07, 6.45) is 1.52. The first-order chi connectivity index (χ1) is 10.7. The molecular weight excluding hydrogens is 280 g/mol. The van der Waals surface area contributed by atoms with Crippen molar-refractivity contribution in [2.45, 2.75) is 6.54 Å². The molecule has 2 aromatic carbocycles. The molecule has 0 bridgehead atoms. The monoisotopic (exact) mass is 294 g/mol. The molecule has 5 nitrogen and oxygen atoms in total. The molecule has 22 heavy (non-hydrogen) atoms. The number of nitrogens with zero attached hydrogens (tertiary/aromatic N) is 2. The van der Waals surface area contributed by atoms with Crippen LogP contribution in [0.4, 0.5) is 0 Å². The van der Waals surface area contributed by atoms with Gasteiger partial charge in [0.25, 0.3) is 5.56 Å². The lowest BCUT2D eigenvalue weighted by Gasteiger charge is -2.08. The second-order valence-electron chi connectivity index (χ2n) is 4.89. The Hall–Kier alpha value is -2.95. The first-order valence-corrected chi connectivity index (χ1v) is 6.80. The largest absolute Gasteiger partial charge is 0.465 e. The predicted molar refractivity (Wildman–Crippen MR) is 82.9 cm³/mol. The van der Waals surface area contributed by atoms with Gasteiger partial charge in [-0.2, -0.15) is 0 Å². The fourth-order valence-electron chi connectivity index (χ4n) is 2.33. The standard InChI is InChI=1S/C17H14N2O3/c1-22-17(21)13-6-4-5-12(9-13)10-19-11-18-15-8-3-2-7-14(15)16(19)20/h2-9,11H,10H2,1H3. The van der Waals surface area contributed by atoms with Gasteiger partial charge in [-0.15, -0.1) is 0 Å². The Bertz CT molecular complexity index is 900. The lowest BCUT2D eigenvalue weighted by Crippen LogP contribution is -2.21. The highest BCUT2D eigenvalue weighted by molar-refractivity contribution is 5.89. The Morgan fingerprint density at radius 2 is 2.00 bits per heavy atom. The van der Waals surface area contributed by atoms with Gasteiger partial charge in [0.2, 0.25) is 0 Å². The highest BCUT2D eigenvalue weighted by Crippen LogP contribution is 2.09. The number of carbonyl (C=O) groups excluding carboxylic acids is 1. The third kappa shape index (κ3) is 2.61. The van der Waals surface area contributed by atoms with Crippen molar-refractivity contribution in [3.63, 3.8) is 0 Å². The Kier molecular flexibility index (Phi) is 3.70. The van der Waals surface area contributed by atoms with E-state index in [1.165, 1.54) is 18.0 Å². The van der Waals surface area contributed by atoms with Gasteiger partial charge in [-0.1, -0.05) is 24.3 Å². The van der Waals surface area contributed by atoms with Crippen LogP contribution in [0.5, 0.6) is 0 Å². The molecule has 0 N–H and O–H groups in total. The van der Waals surface area contributed by atoms with Crippen molar-refractivity contribution in [3.8, 4) is 0 Å². The van der Waals surface area contributed by atoms with Crippen LogP contribution in [0.2, 0.25) is 0 Å². The van der Waals surface area contributed by atoms with Crippen LogP contribution in [0.3, 0.4) is 0 Å². The molecule has 0 saturated carbocycles. The number of hydrogen-bond donors (Lipinski definition) is 0. The van der Waals surface area contributed by atoms with Crippen LogP contribution in [0.15, 0.2) is 59.7 Å². The number of fused-ring (bicyclic) bond motifs is 1. The Morgan fingerprint density at radius 1 is 1.18 bits per heavy atom. The van der Waals surface area contributed by atoms with E-state index >= 15 is 0 Å². The second-order valence-corrected chi connectivity index (χ2v) is 4.89. The molecule has 5 heteroatoms. The van der Waals surface area contributed by atoms with Crippen LogP contribution in [-0.2, 0) is 11.3 Å². The molecule has 0 amide bonds. The minimum Gasteiger partial charge on any atom is -0.465 e. The third-order valence-electron chi connectivity index (χ3n) is 3.43. The molecule has 0 atom stereocenters. The highest BCUT2D eigenvalue weighted by Gasteiger charge is 2.08. The van der Waals surface area contributed by atoms with E-state index in [0.717, 1.165) is 5.56 Å². The molecule has 0 aliphatic carbocycles. The van der Waals surface area contributed by atoms with Crippen molar-refractivity contribution in [3.05, 3.63) is 76.3 Å². The fourth-order valence-corrected chi connectivity index (χ4v) is 2.33. The normalized spacial score (nSPS) is 10.6. The molecule has 1 aromatic heterocycles. The molecule has 0 fully saturated rings. The molecule has 0 aliphatic rings.